The molecule has 3 heteroatoms. The monoisotopic (exact) mass is 354 g/mol. The van der Waals surface area contributed by atoms with Gasteiger partial charge in [0, 0.05) is 8.04 Å². The molecule has 0 saturated heterocycles. The van der Waals surface area contributed by atoms with Crippen LogP contribution in [-0.4, -0.2) is 6.10 Å². The summed E-state index contributed by atoms with van der Waals surface area (Å²) < 4.78 is 7.90. The highest BCUT2D eigenvalue weighted by Gasteiger charge is 2.01. The first-order valence-corrected chi connectivity index (χ1v) is 6.02. The quantitative estimate of drug-likeness (QED) is 0.746. The Balaban J connectivity index is 2.70. The summed E-state index contributed by atoms with van der Waals surface area (Å²) in [5.74, 6) is 0. The van der Waals surface area contributed by atoms with Crippen LogP contribution in [0.3, 0.4) is 0 Å². The number of halogens is 2. The zero-order valence-corrected chi connectivity index (χ0v) is 11.4. The molecule has 0 fully saturated rings. The molecule has 0 atom stereocenters. The predicted octanol–water partition coefficient (Wildman–Crippen LogP) is 3.98. The first-order valence-electron chi connectivity index (χ1n) is 4.15. The van der Waals surface area contributed by atoms with Gasteiger partial charge in [0.25, 0.3) is 0 Å². The summed E-state index contributed by atoms with van der Waals surface area (Å²) in [5, 5.41) is 0. The SMILES string of the molecule is CC(C)OCc1cc(Br)ccc1I. The fourth-order valence-corrected chi connectivity index (χ4v) is 1.81. The van der Waals surface area contributed by atoms with Gasteiger partial charge in [-0.15, -0.1) is 0 Å². The largest absolute Gasteiger partial charge is 0.374 e. The van der Waals surface area contributed by atoms with Crippen molar-refractivity contribution in [3.05, 3.63) is 31.8 Å². The van der Waals surface area contributed by atoms with E-state index in [1.807, 2.05) is 19.9 Å². The van der Waals surface area contributed by atoms with Crippen molar-refractivity contribution in [1.82, 2.24) is 0 Å². The minimum Gasteiger partial charge on any atom is -0.374 e. The highest BCUT2D eigenvalue weighted by Crippen LogP contribution is 2.19. The maximum Gasteiger partial charge on any atom is 0.0731 e. The molecule has 1 aromatic carbocycles. The molecule has 0 amide bonds. The van der Waals surface area contributed by atoms with E-state index in [1.165, 1.54) is 9.13 Å². The van der Waals surface area contributed by atoms with E-state index in [9.17, 15) is 0 Å². The molecule has 72 valence electrons. The lowest BCUT2D eigenvalue weighted by molar-refractivity contribution is 0.0653. The van der Waals surface area contributed by atoms with Gasteiger partial charge in [-0.2, -0.15) is 0 Å². The summed E-state index contributed by atoms with van der Waals surface area (Å²) in [5.41, 5.74) is 1.24. The molecule has 0 aliphatic heterocycles. The van der Waals surface area contributed by atoms with Gasteiger partial charge in [0.05, 0.1) is 12.7 Å². The van der Waals surface area contributed by atoms with Gasteiger partial charge in [0.1, 0.15) is 0 Å². The minimum absolute atomic E-state index is 0.287. The van der Waals surface area contributed by atoms with Gasteiger partial charge >= 0.3 is 0 Å². The molecular weight excluding hydrogens is 343 g/mol. The van der Waals surface area contributed by atoms with E-state index in [0.29, 0.717) is 6.61 Å². The average Bonchev–Trinajstić information content (AvgIpc) is 2.06. The third-order valence-corrected chi connectivity index (χ3v) is 3.13. The van der Waals surface area contributed by atoms with Crippen LogP contribution in [0.25, 0.3) is 0 Å². The first-order chi connectivity index (χ1) is 6.09. The molecule has 0 aliphatic rings. The number of ether oxygens (including phenoxy) is 1. The molecule has 0 unspecified atom stereocenters. The zero-order chi connectivity index (χ0) is 9.84. The second-order valence-electron chi connectivity index (χ2n) is 3.10. The highest BCUT2D eigenvalue weighted by molar-refractivity contribution is 14.1. The van der Waals surface area contributed by atoms with Crippen LogP contribution in [-0.2, 0) is 11.3 Å². The van der Waals surface area contributed by atoms with Gasteiger partial charge in [-0.3, -0.25) is 0 Å². The van der Waals surface area contributed by atoms with Gasteiger partial charge in [-0.25, -0.2) is 0 Å². The minimum atomic E-state index is 0.287. The number of hydrogen-bond acceptors (Lipinski definition) is 1. The Morgan fingerprint density at radius 1 is 1.46 bits per heavy atom. The van der Waals surface area contributed by atoms with E-state index in [-0.39, 0.29) is 6.10 Å². The summed E-state index contributed by atoms with van der Waals surface area (Å²) in [6, 6.07) is 6.23. The van der Waals surface area contributed by atoms with Crippen molar-refractivity contribution in [3.63, 3.8) is 0 Å². The fraction of sp³-hybridized carbons (Fsp3) is 0.400. The van der Waals surface area contributed by atoms with E-state index >= 15 is 0 Å². The maximum atomic E-state index is 5.54. The third-order valence-electron chi connectivity index (χ3n) is 1.58. The van der Waals surface area contributed by atoms with Crippen molar-refractivity contribution in [1.29, 1.82) is 0 Å². The Morgan fingerprint density at radius 2 is 2.15 bits per heavy atom. The molecule has 0 saturated carbocycles. The molecule has 0 N–H and O–H groups in total. The standard InChI is InChI=1S/C10H12BrIO/c1-7(2)13-6-8-5-9(11)3-4-10(8)12/h3-5,7H,6H2,1-2H3. The van der Waals surface area contributed by atoms with Crippen molar-refractivity contribution >= 4 is 38.5 Å². The van der Waals surface area contributed by atoms with Gasteiger partial charge < -0.3 is 4.74 Å². The fourth-order valence-electron chi connectivity index (χ4n) is 0.910. The molecule has 0 aromatic heterocycles. The van der Waals surface area contributed by atoms with Gasteiger partial charge in [-0.05, 0) is 60.2 Å². The normalized spacial score (nSPS) is 10.8. The lowest BCUT2D eigenvalue weighted by atomic mass is 10.2. The molecule has 0 radical (unpaired) electrons. The molecule has 0 spiro atoms. The second-order valence-corrected chi connectivity index (χ2v) is 5.17. The van der Waals surface area contributed by atoms with Crippen molar-refractivity contribution < 1.29 is 4.74 Å². The molecule has 1 nitrogen and oxygen atoms in total. The predicted molar refractivity (Wildman–Crippen MR) is 66.8 cm³/mol. The Labute approximate surface area is 101 Å². The van der Waals surface area contributed by atoms with E-state index in [0.717, 1.165) is 4.47 Å². The molecule has 1 rings (SSSR count). The maximum absolute atomic E-state index is 5.54. The number of hydrogen-bond donors (Lipinski definition) is 0. The summed E-state index contributed by atoms with van der Waals surface area (Å²) in [6.07, 6.45) is 0.287. The Kier molecular flexibility index (Phi) is 4.69. The average molecular weight is 355 g/mol. The number of rotatable bonds is 3. The van der Waals surface area contributed by atoms with Gasteiger partial charge in [0.2, 0.25) is 0 Å². The van der Waals surface area contributed by atoms with Crippen LogP contribution in [0.1, 0.15) is 19.4 Å². The van der Waals surface area contributed by atoms with Crippen molar-refractivity contribution in [2.45, 2.75) is 26.6 Å². The molecule has 0 bridgehead atoms. The lowest BCUT2D eigenvalue weighted by Gasteiger charge is -2.09. The molecule has 0 aliphatic carbocycles. The Bertz CT molecular complexity index is 286. The first kappa shape index (κ1) is 11.5. The van der Waals surface area contributed by atoms with Crippen LogP contribution in [0.15, 0.2) is 22.7 Å². The Morgan fingerprint density at radius 3 is 2.77 bits per heavy atom. The van der Waals surface area contributed by atoms with Gasteiger partial charge in [0.15, 0.2) is 0 Å². The lowest BCUT2D eigenvalue weighted by Crippen LogP contribution is -2.03. The van der Waals surface area contributed by atoms with E-state index < -0.39 is 0 Å². The zero-order valence-electron chi connectivity index (χ0n) is 7.68. The van der Waals surface area contributed by atoms with Gasteiger partial charge in [-0.1, -0.05) is 15.9 Å². The van der Waals surface area contributed by atoms with E-state index in [1.54, 1.807) is 0 Å². The molecule has 1 aromatic rings. The smallest absolute Gasteiger partial charge is 0.0731 e. The third kappa shape index (κ3) is 3.95. The second kappa shape index (κ2) is 5.32. The van der Waals surface area contributed by atoms with Crippen LogP contribution in [0, 0.1) is 3.57 Å². The highest BCUT2D eigenvalue weighted by atomic mass is 127. The topological polar surface area (TPSA) is 9.23 Å². The van der Waals surface area contributed by atoms with Crippen LogP contribution in [0.4, 0.5) is 0 Å². The van der Waals surface area contributed by atoms with Crippen LogP contribution < -0.4 is 0 Å². The molecule has 13 heavy (non-hydrogen) atoms. The van der Waals surface area contributed by atoms with Crippen LogP contribution >= 0.6 is 38.5 Å². The molecule has 0 heterocycles. The summed E-state index contributed by atoms with van der Waals surface area (Å²) in [7, 11) is 0. The van der Waals surface area contributed by atoms with Crippen LogP contribution in [0.5, 0.6) is 0 Å². The van der Waals surface area contributed by atoms with Crippen molar-refractivity contribution in [3.8, 4) is 0 Å². The van der Waals surface area contributed by atoms with Crippen LogP contribution in [0.2, 0.25) is 0 Å². The summed E-state index contributed by atoms with van der Waals surface area (Å²) in [6.45, 7) is 4.78. The van der Waals surface area contributed by atoms with E-state index in [4.69, 9.17) is 4.74 Å². The molecular formula is C10H12BrIO. The van der Waals surface area contributed by atoms with E-state index in [2.05, 4.69) is 50.7 Å². The number of benzene rings is 1. The van der Waals surface area contributed by atoms with Crippen molar-refractivity contribution in [2.75, 3.05) is 0 Å². The summed E-state index contributed by atoms with van der Waals surface area (Å²) >= 11 is 5.77. The Hall–Kier alpha value is 0.390. The summed E-state index contributed by atoms with van der Waals surface area (Å²) in [4.78, 5) is 0. The van der Waals surface area contributed by atoms with Crippen molar-refractivity contribution in [2.24, 2.45) is 0 Å².